The van der Waals surface area contributed by atoms with Gasteiger partial charge in [-0.05, 0) is 67.3 Å². The minimum absolute atomic E-state index is 0.00126. The minimum atomic E-state index is -0.652. The number of aromatic hydroxyl groups is 1. The molecule has 0 saturated heterocycles. The normalized spacial score (nSPS) is 18.7. The van der Waals surface area contributed by atoms with Crippen LogP contribution in [0.2, 0.25) is 0 Å². The number of Topliss-reactive ketones (excluding diaryl/α,β-unsaturated/α-hetero) is 1. The van der Waals surface area contributed by atoms with Crippen molar-refractivity contribution in [1.29, 1.82) is 0 Å². The van der Waals surface area contributed by atoms with Crippen LogP contribution < -0.4 is 19.5 Å². The average Bonchev–Trinajstić information content (AvgIpc) is 2.95. The molecule has 0 radical (unpaired) electrons. The van der Waals surface area contributed by atoms with E-state index in [1.165, 1.54) is 0 Å². The van der Waals surface area contributed by atoms with Gasteiger partial charge in [0.15, 0.2) is 28.8 Å². The van der Waals surface area contributed by atoms with E-state index in [9.17, 15) is 14.7 Å². The molecule has 214 valence electrons. The first kappa shape index (κ1) is 29.4. The highest BCUT2D eigenvalue weighted by Crippen LogP contribution is 2.47. The Bertz CT molecular complexity index is 1330. The van der Waals surface area contributed by atoms with E-state index in [-0.39, 0.29) is 30.5 Å². The quantitative estimate of drug-likeness (QED) is 0.270. The van der Waals surface area contributed by atoms with E-state index in [1.54, 1.807) is 44.2 Å². The van der Waals surface area contributed by atoms with Gasteiger partial charge in [-0.2, -0.15) is 11.8 Å². The summed E-state index contributed by atoms with van der Waals surface area (Å²) in [6, 6.07) is 10.7. The number of allylic oxidation sites excluding steroid dienone is 3. The Balaban J connectivity index is 1.75. The van der Waals surface area contributed by atoms with Gasteiger partial charge < -0.3 is 29.4 Å². The Kier molecular flexibility index (Phi) is 9.68. The number of hydrogen-bond donors (Lipinski definition) is 2. The van der Waals surface area contributed by atoms with Crippen molar-refractivity contribution in [2.45, 2.75) is 45.4 Å². The molecule has 9 heteroatoms. The number of phenols is 1. The van der Waals surface area contributed by atoms with E-state index in [0.29, 0.717) is 58.4 Å². The molecule has 2 aromatic rings. The van der Waals surface area contributed by atoms with Crippen molar-refractivity contribution in [2.75, 3.05) is 38.9 Å². The molecule has 2 atom stereocenters. The van der Waals surface area contributed by atoms with Crippen LogP contribution in [0.1, 0.15) is 56.6 Å². The zero-order valence-corrected chi connectivity index (χ0v) is 24.5. The number of ketones is 1. The number of phenolic OH excluding ortho intramolecular Hbond substituents is 1. The van der Waals surface area contributed by atoms with Crippen LogP contribution in [0.5, 0.6) is 23.0 Å². The Hall–Kier alpha value is -3.59. The molecular weight excluding hydrogens is 530 g/mol. The van der Waals surface area contributed by atoms with E-state index in [2.05, 4.69) is 12.2 Å². The molecule has 0 fully saturated rings. The molecule has 0 spiro atoms. The van der Waals surface area contributed by atoms with Gasteiger partial charge >= 0.3 is 5.97 Å². The van der Waals surface area contributed by atoms with Gasteiger partial charge in [0, 0.05) is 35.1 Å². The summed E-state index contributed by atoms with van der Waals surface area (Å²) in [5, 5.41) is 13.7. The molecule has 2 N–H and O–H groups in total. The number of benzene rings is 2. The van der Waals surface area contributed by atoms with Gasteiger partial charge in [0.05, 0.1) is 26.4 Å². The highest BCUT2D eigenvalue weighted by atomic mass is 32.2. The summed E-state index contributed by atoms with van der Waals surface area (Å²) in [5.74, 6) is 1.92. The molecule has 40 heavy (non-hydrogen) atoms. The van der Waals surface area contributed by atoms with Gasteiger partial charge in [-0.1, -0.05) is 19.1 Å². The third-order valence-electron chi connectivity index (χ3n) is 7.21. The van der Waals surface area contributed by atoms with Crippen LogP contribution in [0.4, 0.5) is 0 Å². The van der Waals surface area contributed by atoms with Crippen molar-refractivity contribution in [2.24, 2.45) is 0 Å². The fraction of sp³-hybridized carbons (Fsp3) is 0.419. The molecule has 8 nitrogen and oxygen atoms in total. The van der Waals surface area contributed by atoms with Gasteiger partial charge in [0.1, 0.15) is 6.61 Å². The zero-order chi connectivity index (χ0) is 28.8. The highest BCUT2D eigenvalue weighted by Gasteiger charge is 2.41. The number of esters is 1. The third-order valence-corrected chi connectivity index (χ3v) is 8.07. The fourth-order valence-electron chi connectivity index (χ4n) is 5.38. The van der Waals surface area contributed by atoms with E-state index in [0.717, 1.165) is 17.0 Å². The number of carbonyl (C=O) groups excluding carboxylic acids is 2. The summed E-state index contributed by atoms with van der Waals surface area (Å²) in [6.07, 6.45) is 0.855. The van der Waals surface area contributed by atoms with Crippen LogP contribution >= 0.6 is 11.8 Å². The molecule has 1 aliphatic carbocycles. The smallest absolute Gasteiger partial charge is 0.336 e. The lowest BCUT2D eigenvalue weighted by atomic mass is 9.71. The molecule has 0 amide bonds. The summed E-state index contributed by atoms with van der Waals surface area (Å²) in [4.78, 5) is 27.4. The Morgan fingerprint density at radius 1 is 1.02 bits per heavy atom. The SMILES string of the molecule is CCOc1cc(C2C(C(=O)OCCSCC)=C(C)NC3=C2C(=O)CC(c2ccc(OC)c(OC)c2)C3)ccc1O. The summed E-state index contributed by atoms with van der Waals surface area (Å²) < 4.78 is 22.2. The van der Waals surface area contributed by atoms with E-state index in [4.69, 9.17) is 18.9 Å². The van der Waals surface area contributed by atoms with Crippen LogP contribution in [-0.2, 0) is 14.3 Å². The molecule has 4 rings (SSSR count). The summed E-state index contributed by atoms with van der Waals surface area (Å²) in [6.45, 7) is 6.36. The van der Waals surface area contributed by atoms with Crippen LogP contribution in [0.25, 0.3) is 0 Å². The van der Waals surface area contributed by atoms with Crippen molar-refractivity contribution in [3.63, 3.8) is 0 Å². The standard InChI is InChI=1S/C31H37NO7S/c1-6-38-26-17-20(8-10-23(26)33)29-28(31(35)39-12-13-40-7-2)18(3)32-22-14-21(15-24(34)30(22)29)19-9-11-25(36-4)27(16-19)37-5/h8-11,16-17,21,29,32-33H,6-7,12-15H2,1-5H3. The number of dihydropyridines is 1. The molecule has 2 aromatic carbocycles. The second-order valence-electron chi connectivity index (χ2n) is 9.62. The van der Waals surface area contributed by atoms with Crippen LogP contribution in [-0.4, -0.2) is 55.8 Å². The second kappa shape index (κ2) is 13.2. The first-order chi connectivity index (χ1) is 19.3. The Morgan fingerprint density at radius 3 is 2.45 bits per heavy atom. The van der Waals surface area contributed by atoms with Gasteiger partial charge in [0.25, 0.3) is 0 Å². The predicted molar refractivity (Wildman–Crippen MR) is 155 cm³/mol. The monoisotopic (exact) mass is 567 g/mol. The van der Waals surface area contributed by atoms with Gasteiger partial charge in [-0.25, -0.2) is 4.79 Å². The van der Waals surface area contributed by atoms with E-state index in [1.807, 2.05) is 32.0 Å². The molecule has 2 unspecified atom stereocenters. The van der Waals surface area contributed by atoms with Crippen molar-refractivity contribution in [3.8, 4) is 23.0 Å². The lowest BCUT2D eigenvalue weighted by Gasteiger charge is -2.37. The van der Waals surface area contributed by atoms with Gasteiger partial charge in [-0.15, -0.1) is 0 Å². The number of hydrogen-bond acceptors (Lipinski definition) is 9. The van der Waals surface area contributed by atoms with E-state index < -0.39 is 11.9 Å². The van der Waals surface area contributed by atoms with Gasteiger partial charge in [0.2, 0.25) is 0 Å². The zero-order valence-electron chi connectivity index (χ0n) is 23.7. The first-order valence-electron chi connectivity index (χ1n) is 13.5. The van der Waals surface area contributed by atoms with Crippen molar-refractivity contribution >= 4 is 23.5 Å². The largest absolute Gasteiger partial charge is 0.504 e. The molecule has 1 heterocycles. The van der Waals surface area contributed by atoms with Crippen molar-refractivity contribution in [3.05, 3.63) is 70.1 Å². The van der Waals surface area contributed by atoms with Crippen LogP contribution in [0.15, 0.2) is 58.9 Å². The molecule has 2 aliphatic rings. The fourth-order valence-corrected chi connectivity index (χ4v) is 5.87. The Labute approximate surface area is 239 Å². The topological polar surface area (TPSA) is 103 Å². The van der Waals surface area contributed by atoms with Gasteiger partial charge in [-0.3, -0.25) is 4.79 Å². The first-order valence-corrected chi connectivity index (χ1v) is 14.6. The third kappa shape index (κ3) is 6.09. The maximum atomic E-state index is 13.9. The second-order valence-corrected chi connectivity index (χ2v) is 11.0. The predicted octanol–water partition coefficient (Wildman–Crippen LogP) is 5.47. The Morgan fingerprint density at radius 2 is 1.75 bits per heavy atom. The number of ether oxygens (including phenoxy) is 4. The molecule has 1 aliphatic heterocycles. The van der Waals surface area contributed by atoms with Crippen LogP contribution in [0.3, 0.4) is 0 Å². The maximum absolute atomic E-state index is 13.9. The number of thioether (sulfide) groups is 1. The number of rotatable bonds is 11. The number of carbonyl (C=O) groups is 2. The molecular formula is C31H37NO7S. The summed E-state index contributed by atoms with van der Waals surface area (Å²) >= 11 is 1.69. The van der Waals surface area contributed by atoms with E-state index >= 15 is 0 Å². The lowest BCUT2D eigenvalue weighted by Crippen LogP contribution is -2.36. The molecule has 0 aromatic heterocycles. The minimum Gasteiger partial charge on any atom is -0.504 e. The molecule has 0 bridgehead atoms. The summed E-state index contributed by atoms with van der Waals surface area (Å²) in [7, 11) is 3.18. The molecule has 0 saturated carbocycles. The summed E-state index contributed by atoms with van der Waals surface area (Å²) in [5.41, 5.74) is 4.02. The van der Waals surface area contributed by atoms with Crippen molar-refractivity contribution < 1.29 is 33.6 Å². The van der Waals surface area contributed by atoms with Crippen molar-refractivity contribution in [1.82, 2.24) is 5.32 Å². The lowest BCUT2D eigenvalue weighted by molar-refractivity contribution is -0.138. The average molecular weight is 568 g/mol. The maximum Gasteiger partial charge on any atom is 0.336 e. The number of methoxy groups -OCH3 is 2. The highest BCUT2D eigenvalue weighted by molar-refractivity contribution is 7.99. The number of nitrogens with one attached hydrogen (secondary N) is 1. The van der Waals surface area contributed by atoms with Crippen LogP contribution in [0, 0.1) is 0 Å².